The van der Waals surface area contributed by atoms with Crippen molar-refractivity contribution >= 4 is 14.7 Å². The van der Waals surface area contributed by atoms with Gasteiger partial charge in [0, 0.05) is 0 Å². The molecule has 0 radical (unpaired) electrons. The summed E-state index contributed by atoms with van der Waals surface area (Å²) >= 11 is 0. The molecule has 28 heavy (non-hydrogen) atoms. The standard InChI is InChI=1S/C23H35Si.3ClH.Ti/c1-7-9-10-11-20-14-21(15-22(20)17(4)8-2)24-23-18(5)12-16(3)13-19(23)6;;;;/h12-13,17H,7-11,14,24H2,1-6H3;3*1H;/q-1;;;;+4/p-3. The third-order valence-electron chi connectivity index (χ3n) is 5.54. The number of halogens is 3. The Morgan fingerprint density at radius 1 is 1.00 bits per heavy atom. The summed E-state index contributed by atoms with van der Waals surface area (Å²) in [4.78, 5) is 0. The van der Waals surface area contributed by atoms with Crippen molar-refractivity contribution in [2.75, 3.05) is 0 Å². The Bertz CT molecular complexity index is 630. The molecule has 0 saturated carbocycles. The summed E-state index contributed by atoms with van der Waals surface area (Å²) in [5.74, 6) is 0.674. The van der Waals surface area contributed by atoms with Crippen molar-refractivity contribution in [3.05, 3.63) is 51.2 Å². The third kappa shape index (κ3) is 9.11. The molecule has 0 amide bonds. The van der Waals surface area contributed by atoms with Gasteiger partial charge in [0.25, 0.3) is 0 Å². The molecule has 0 aliphatic heterocycles. The Morgan fingerprint density at radius 3 is 2.07 bits per heavy atom. The van der Waals surface area contributed by atoms with Gasteiger partial charge in [-0.1, -0.05) is 99.2 Å². The van der Waals surface area contributed by atoms with Crippen molar-refractivity contribution in [3.8, 4) is 0 Å². The molecule has 0 bridgehead atoms. The van der Waals surface area contributed by atoms with E-state index in [0.717, 1.165) is 0 Å². The van der Waals surface area contributed by atoms with Crippen molar-refractivity contribution in [2.24, 2.45) is 5.92 Å². The van der Waals surface area contributed by atoms with E-state index in [-0.39, 0.29) is 68.5 Å². The third-order valence-corrected chi connectivity index (χ3v) is 7.86. The second-order valence-electron chi connectivity index (χ2n) is 7.74. The van der Waals surface area contributed by atoms with E-state index in [9.17, 15) is 0 Å². The van der Waals surface area contributed by atoms with E-state index in [0.29, 0.717) is 5.92 Å². The number of allylic oxidation sites excluding steroid dienone is 4. The van der Waals surface area contributed by atoms with Gasteiger partial charge in [-0.3, -0.25) is 6.08 Å². The topological polar surface area (TPSA) is 0 Å². The normalized spacial score (nSPS) is 14.0. The van der Waals surface area contributed by atoms with Crippen molar-refractivity contribution in [1.29, 1.82) is 0 Å². The fourth-order valence-corrected chi connectivity index (χ4v) is 5.87. The number of hydrogen-bond acceptors (Lipinski definition) is 0. The minimum absolute atomic E-state index is 0. The summed E-state index contributed by atoms with van der Waals surface area (Å²) in [6.07, 6.45) is 11.7. The van der Waals surface area contributed by atoms with E-state index in [2.05, 4.69) is 59.8 Å². The van der Waals surface area contributed by atoms with Gasteiger partial charge in [-0.2, -0.15) is 5.20 Å². The maximum absolute atomic E-state index is 3.89. The van der Waals surface area contributed by atoms with Gasteiger partial charge in [-0.25, -0.2) is 11.1 Å². The zero-order chi connectivity index (χ0) is 17.7. The Hall–Kier alpha value is 0.501. The van der Waals surface area contributed by atoms with Crippen LogP contribution in [-0.4, -0.2) is 9.52 Å². The van der Waals surface area contributed by atoms with Crippen LogP contribution < -0.4 is 42.4 Å². The molecule has 0 aromatic heterocycles. The monoisotopic (exact) mass is 492 g/mol. The Morgan fingerprint density at radius 2 is 1.57 bits per heavy atom. The van der Waals surface area contributed by atoms with Crippen LogP contribution in [0.15, 0.2) is 28.5 Å². The van der Waals surface area contributed by atoms with Crippen LogP contribution in [0, 0.1) is 32.8 Å². The fraction of sp³-hybridized carbons (Fsp3) is 0.565. The molecule has 1 unspecified atom stereocenters. The van der Waals surface area contributed by atoms with Gasteiger partial charge in [0.15, 0.2) is 0 Å². The molecular formula is C23H35Cl3SiTi. The van der Waals surface area contributed by atoms with Gasteiger partial charge in [0.05, 0.1) is 9.52 Å². The molecule has 1 aromatic rings. The quantitative estimate of drug-likeness (QED) is 0.200. The molecule has 1 aliphatic rings. The van der Waals surface area contributed by atoms with Crippen LogP contribution >= 0.6 is 0 Å². The molecule has 156 valence electrons. The maximum atomic E-state index is 3.89. The molecule has 0 spiro atoms. The minimum Gasteiger partial charge on any atom is -1.00 e. The van der Waals surface area contributed by atoms with Crippen LogP contribution in [0.1, 0.15) is 76.0 Å². The number of benzene rings is 1. The number of hydrogen-bond donors (Lipinski definition) is 0. The van der Waals surface area contributed by atoms with Crippen LogP contribution in [0.5, 0.6) is 0 Å². The van der Waals surface area contributed by atoms with E-state index in [1.54, 1.807) is 21.5 Å². The second kappa shape index (κ2) is 16.2. The molecule has 0 heterocycles. The van der Waals surface area contributed by atoms with E-state index in [4.69, 9.17) is 0 Å². The zero-order valence-corrected chi connectivity index (χ0v) is 23.6. The van der Waals surface area contributed by atoms with Crippen LogP contribution in [-0.2, 0) is 21.7 Å². The maximum Gasteiger partial charge on any atom is 4.00 e. The summed E-state index contributed by atoms with van der Waals surface area (Å²) in [6, 6.07) is 4.71. The first-order valence-electron chi connectivity index (χ1n) is 9.86. The van der Waals surface area contributed by atoms with Gasteiger partial charge < -0.3 is 37.2 Å². The first-order chi connectivity index (χ1) is 11.5. The van der Waals surface area contributed by atoms with Crippen LogP contribution in [0.25, 0.3) is 0 Å². The Balaban J connectivity index is -0.00000156. The molecule has 0 N–H and O–H groups in total. The number of aryl methyl sites for hydroxylation is 3. The number of unbranched alkanes of at least 4 members (excludes halogenated alkanes) is 2. The molecule has 0 fully saturated rings. The van der Waals surface area contributed by atoms with Crippen molar-refractivity contribution in [3.63, 3.8) is 0 Å². The summed E-state index contributed by atoms with van der Waals surface area (Å²) in [7, 11) is -0.377. The summed E-state index contributed by atoms with van der Waals surface area (Å²) < 4.78 is 0. The number of rotatable bonds is 8. The van der Waals surface area contributed by atoms with Gasteiger partial charge in [0.2, 0.25) is 0 Å². The van der Waals surface area contributed by atoms with Crippen LogP contribution in [0.3, 0.4) is 0 Å². The summed E-state index contributed by atoms with van der Waals surface area (Å²) in [5, 5.41) is 3.30. The van der Waals surface area contributed by atoms with Gasteiger partial charge in [-0.05, 0) is 20.8 Å². The molecule has 0 nitrogen and oxygen atoms in total. The second-order valence-corrected chi connectivity index (χ2v) is 9.66. The molecule has 0 saturated heterocycles. The van der Waals surface area contributed by atoms with Crippen molar-refractivity contribution in [1.82, 2.24) is 0 Å². The van der Waals surface area contributed by atoms with Crippen LogP contribution in [0.4, 0.5) is 0 Å². The predicted molar refractivity (Wildman–Crippen MR) is 111 cm³/mol. The minimum atomic E-state index is -0.377. The van der Waals surface area contributed by atoms with Crippen molar-refractivity contribution in [2.45, 2.75) is 80.1 Å². The summed E-state index contributed by atoms with van der Waals surface area (Å²) in [6.45, 7) is 13.8. The molecule has 5 heteroatoms. The molecule has 2 rings (SSSR count). The fourth-order valence-electron chi connectivity index (χ4n) is 3.97. The first-order valence-corrected chi connectivity index (χ1v) is 11.3. The molecule has 1 aliphatic carbocycles. The van der Waals surface area contributed by atoms with Crippen molar-refractivity contribution < 1.29 is 58.9 Å². The van der Waals surface area contributed by atoms with Gasteiger partial charge in [-0.15, -0.1) is 0 Å². The first kappa shape index (κ1) is 33.1. The molecule has 1 aromatic carbocycles. The summed E-state index contributed by atoms with van der Waals surface area (Å²) in [5.41, 5.74) is 7.67. The van der Waals surface area contributed by atoms with E-state index >= 15 is 0 Å². The van der Waals surface area contributed by atoms with E-state index < -0.39 is 0 Å². The van der Waals surface area contributed by atoms with Crippen LogP contribution in [0.2, 0.25) is 0 Å². The Kier molecular flexibility index (Phi) is 19.2. The van der Waals surface area contributed by atoms with Gasteiger partial charge >= 0.3 is 21.7 Å². The predicted octanol–water partition coefficient (Wildman–Crippen LogP) is -3.57. The smallest absolute Gasteiger partial charge is 1.00 e. The zero-order valence-electron chi connectivity index (χ0n) is 18.3. The Labute approximate surface area is 209 Å². The van der Waals surface area contributed by atoms with Gasteiger partial charge in [0.1, 0.15) is 0 Å². The molecule has 1 atom stereocenters. The van der Waals surface area contributed by atoms with E-state index in [1.807, 2.05) is 0 Å². The molecular weight excluding hydrogens is 459 g/mol. The average Bonchev–Trinajstić information content (AvgIpc) is 2.93. The SMILES string of the molecule is CCCCCC1=C(C(C)CC)[C-]=C([SiH2]c2c(C)cc(C)cc2C)C1.[Cl-].[Cl-].[Cl-].[Ti+4]. The largest absolute Gasteiger partial charge is 4.00 e. The average molecular weight is 494 g/mol. The van der Waals surface area contributed by atoms with E-state index in [1.165, 1.54) is 55.2 Å².